The van der Waals surface area contributed by atoms with Gasteiger partial charge in [0.1, 0.15) is 5.75 Å². The summed E-state index contributed by atoms with van der Waals surface area (Å²) < 4.78 is 10.7. The third kappa shape index (κ3) is 4.64. The van der Waals surface area contributed by atoms with Gasteiger partial charge in [0.15, 0.2) is 0 Å². The molecule has 0 amide bonds. The second kappa shape index (κ2) is 7.05. The molecule has 0 radical (unpaired) electrons. The summed E-state index contributed by atoms with van der Waals surface area (Å²) in [6, 6.07) is 12.0. The molecule has 0 fully saturated rings. The summed E-state index contributed by atoms with van der Waals surface area (Å²) in [7, 11) is 0. The predicted molar refractivity (Wildman–Crippen MR) is 84.6 cm³/mol. The molecule has 23 heavy (non-hydrogen) atoms. The second-order valence-corrected chi connectivity index (χ2v) is 6.06. The van der Waals surface area contributed by atoms with Gasteiger partial charge in [-0.25, -0.2) is 4.79 Å². The molecule has 0 aliphatic heterocycles. The zero-order valence-corrected chi connectivity index (χ0v) is 13.4. The highest BCUT2D eigenvalue weighted by atomic mass is 16.6. The van der Waals surface area contributed by atoms with E-state index in [0.717, 1.165) is 0 Å². The number of hydrogen-bond donors (Lipinski definition) is 0. The van der Waals surface area contributed by atoms with Crippen molar-refractivity contribution >= 4 is 11.9 Å². The van der Waals surface area contributed by atoms with Gasteiger partial charge in [-0.1, -0.05) is 24.3 Å². The largest absolute Gasteiger partial charge is 0.445 e. The maximum atomic E-state index is 12.4. The molecule has 0 aliphatic carbocycles. The molecular formula is C18H19NO4. The van der Waals surface area contributed by atoms with Crippen LogP contribution in [0.3, 0.4) is 0 Å². The van der Waals surface area contributed by atoms with E-state index in [1.54, 1.807) is 63.4 Å². The Hall–Kier alpha value is -2.69. The van der Waals surface area contributed by atoms with Crippen molar-refractivity contribution in [3.05, 3.63) is 60.4 Å². The third-order valence-electron chi connectivity index (χ3n) is 3.00. The third-order valence-corrected chi connectivity index (χ3v) is 3.00. The Bertz CT molecular complexity index is 662. The van der Waals surface area contributed by atoms with Crippen molar-refractivity contribution in [2.24, 2.45) is 5.41 Å². The van der Waals surface area contributed by atoms with E-state index in [-0.39, 0.29) is 0 Å². The fourth-order valence-electron chi connectivity index (χ4n) is 1.73. The molecular weight excluding hydrogens is 294 g/mol. The summed E-state index contributed by atoms with van der Waals surface area (Å²) in [6.07, 6.45) is 1.90. The van der Waals surface area contributed by atoms with Crippen molar-refractivity contribution in [2.45, 2.75) is 26.9 Å². The van der Waals surface area contributed by atoms with Crippen molar-refractivity contribution in [2.75, 3.05) is 0 Å². The highest BCUT2D eigenvalue weighted by molar-refractivity contribution is 5.83. The lowest BCUT2D eigenvalue weighted by molar-refractivity contribution is -0.169. The molecule has 0 N–H and O–H groups in total. The van der Waals surface area contributed by atoms with Crippen LogP contribution in [-0.2, 0) is 14.3 Å². The van der Waals surface area contributed by atoms with E-state index in [2.05, 4.69) is 4.98 Å². The Morgan fingerprint density at radius 1 is 1.04 bits per heavy atom. The Labute approximate surface area is 135 Å². The number of esters is 2. The Morgan fingerprint density at radius 2 is 1.74 bits per heavy atom. The average Bonchev–Trinajstić information content (AvgIpc) is 2.53. The summed E-state index contributed by atoms with van der Waals surface area (Å²) in [5.74, 6) is -0.767. The number of pyridine rings is 1. The molecule has 5 heteroatoms. The zero-order valence-electron chi connectivity index (χ0n) is 13.4. The fraction of sp³-hybridized carbons (Fsp3) is 0.278. The molecule has 0 aliphatic rings. The van der Waals surface area contributed by atoms with Gasteiger partial charge in [-0.3, -0.25) is 9.78 Å². The summed E-state index contributed by atoms with van der Waals surface area (Å²) >= 11 is 0. The molecule has 2 aromatic rings. The lowest BCUT2D eigenvalue weighted by Crippen LogP contribution is -2.30. The number of carbonyl (C=O) groups excluding carboxylic acids is 2. The molecule has 1 atom stereocenters. The van der Waals surface area contributed by atoms with Crippen molar-refractivity contribution < 1.29 is 19.1 Å². The smallest absolute Gasteiger partial charge is 0.357 e. The average molecular weight is 313 g/mol. The summed E-state index contributed by atoms with van der Waals surface area (Å²) in [5.41, 5.74) is -0.265. The van der Waals surface area contributed by atoms with Crippen LogP contribution in [0.5, 0.6) is 5.75 Å². The number of carbonyl (C=O) groups is 2. The number of benzene rings is 1. The Kier molecular flexibility index (Phi) is 5.11. The Morgan fingerprint density at radius 3 is 2.30 bits per heavy atom. The van der Waals surface area contributed by atoms with Crippen LogP contribution in [-0.4, -0.2) is 16.9 Å². The standard InChI is InChI=1S/C18H19NO4/c1-18(2,3)17(21)23-15(13-8-7-11-19-12-13)16(20)22-14-9-5-4-6-10-14/h4-12,15H,1-3H3. The molecule has 1 heterocycles. The molecule has 1 aromatic carbocycles. The summed E-state index contributed by atoms with van der Waals surface area (Å²) in [6.45, 7) is 5.16. The van der Waals surface area contributed by atoms with Crippen molar-refractivity contribution in [3.63, 3.8) is 0 Å². The fourth-order valence-corrected chi connectivity index (χ4v) is 1.73. The lowest BCUT2D eigenvalue weighted by atomic mass is 9.97. The van der Waals surface area contributed by atoms with Crippen molar-refractivity contribution in [1.29, 1.82) is 0 Å². The van der Waals surface area contributed by atoms with E-state index >= 15 is 0 Å². The number of rotatable bonds is 4. The molecule has 0 bridgehead atoms. The molecule has 1 aromatic heterocycles. The minimum Gasteiger partial charge on any atom is -0.445 e. The van der Waals surface area contributed by atoms with Gasteiger partial charge in [-0.15, -0.1) is 0 Å². The van der Waals surface area contributed by atoms with Crippen LogP contribution in [0.25, 0.3) is 0 Å². The van der Waals surface area contributed by atoms with E-state index in [4.69, 9.17) is 9.47 Å². The van der Waals surface area contributed by atoms with Gasteiger partial charge in [-0.05, 0) is 39.0 Å². The molecule has 5 nitrogen and oxygen atoms in total. The van der Waals surface area contributed by atoms with Gasteiger partial charge in [0.05, 0.1) is 5.41 Å². The topological polar surface area (TPSA) is 65.5 Å². The summed E-state index contributed by atoms with van der Waals surface area (Å²) in [4.78, 5) is 28.6. The SMILES string of the molecule is CC(C)(C)C(=O)OC(C(=O)Oc1ccccc1)c1cccnc1. The van der Waals surface area contributed by atoms with Crippen LogP contribution in [0.1, 0.15) is 32.4 Å². The van der Waals surface area contributed by atoms with Crippen molar-refractivity contribution in [3.8, 4) is 5.75 Å². The maximum Gasteiger partial charge on any atom is 0.357 e. The molecule has 1 unspecified atom stereocenters. The van der Waals surface area contributed by atoms with E-state index < -0.39 is 23.5 Å². The van der Waals surface area contributed by atoms with Crippen LogP contribution >= 0.6 is 0 Å². The van der Waals surface area contributed by atoms with Crippen LogP contribution < -0.4 is 4.74 Å². The highest BCUT2D eigenvalue weighted by Gasteiger charge is 2.32. The van der Waals surface area contributed by atoms with Crippen LogP contribution in [0, 0.1) is 5.41 Å². The summed E-state index contributed by atoms with van der Waals surface area (Å²) in [5, 5.41) is 0. The van der Waals surface area contributed by atoms with E-state index in [0.29, 0.717) is 11.3 Å². The second-order valence-electron chi connectivity index (χ2n) is 6.06. The van der Waals surface area contributed by atoms with Crippen LogP contribution in [0.15, 0.2) is 54.9 Å². The first-order valence-corrected chi connectivity index (χ1v) is 7.25. The van der Waals surface area contributed by atoms with Crippen LogP contribution in [0.2, 0.25) is 0 Å². The first-order chi connectivity index (χ1) is 10.9. The highest BCUT2D eigenvalue weighted by Crippen LogP contribution is 2.25. The number of para-hydroxylation sites is 1. The minimum absolute atomic E-state index is 0.387. The predicted octanol–water partition coefficient (Wildman–Crippen LogP) is 3.32. The van der Waals surface area contributed by atoms with Gasteiger partial charge >= 0.3 is 11.9 Å². The molecule has 2 rings (SSSR count). The van der Waals surface area contributed by atoms with E-state index in [1.165, 1.54) is 6.20 Å². The van der Waals surface area contributed by atoms with Gasteiger partial charge in [0.25, 0.3) is 0 Å². The lowest BCUT2D eigenvalue weighted by Gasteiger charge is -2.22. The van der Waals surface area contributed by atoms with Crippen molar-refractivity contribution in [1.82, 2.24) is 4.98 Å². The maximum absolute atomic E-state index is 12.4. The monoisotopic (exact) mass is 313 g/mol. The first kappa shape index (κ1) is 16.7. The molecule has 0 saturated heterocycles. The normalized spacial score (nSPS) is 12.3. The number of aromatic nitrogens is 1. The number of hydrogen-bond acceptors (Lipinski definition) is 5. The Balaban J connectivity index is 2.23. The number of ether oxygens (including phenoxy) is 2. The first-order valence-electron chi connectivity index (χ1n) is 7.25. The number of nitrogens with zero attached hydrogens (tertiary/aromatic N) is 1. The van der Waals surface area contributed by atoms with Gasteiger partial charge in [0.2, 0.25) is 6.10 Å². The van der Waals surface area contributed by atoms with E-state index in [9.17, 15) is 9.59 Å². The molecule has 0 saturated carbocycles. The van der Waals surface area contributed by atoms with Gasteiger partial charge in [0, 0.05) is 18.0 Å². The molecule has 120 valence electrons. The van der Waals surface area contributed by atoms with E-state index in [1.807, 2.05) is 6.07 Å². The quantitative estimate of drug-likeness (QED) is 0.640. The molecule has 0 spiro atoms. The van der Waals surface area contributed by atoms with Gasteiger partial charge < -0.3 is 9.47 Å². The zero-order chi connectivity index (χ0) is 16.9. The van der Waals surface area contributed by atoms with Gasteiger partial charge in [-0.2, -0.15) is 0 Å². The van der Waals surface area contributed by atoms with Crippen LogP contribution in [0.4, 0.5) is 0 Å². The minimum atomic E-state index is -1.16.